The van der Waals surface area contributed by atoms with E-state index in [1.807, 2.05) is 17.9 Å². The maximum atomic E-state index is 4.36. The molecular weight excluding hydrogens is 326 g/mol. The molecular formula is C17H24BrN3. The molecule has 0 aliphatic rings. The molecule has 114 valence electrons. The summed E-state index contributed by atoms with van der Waals surface area (Å²) < 4.78 is 3.03. The number of nitrogens with one attached hydrogen (secondary N) is 1. The van der Waals surface area contributed by atoms with Crippen molar-refractivity contribution in [1.29, 1.82) is 0 Å². The zero-order chi connectivity index (χ0) is 15.4. The number of hydrogen-bond donors (Lipinski definition) is 1. The number of nitrogens with zero attached hydrogens (tertiary/aromatic N) is 2. The van der Waals surface area contributed by atoms with Gasteiger partial charge in [0.05, 0.1) is 22.4 Å². The predicted octanol–water partition coefficient (Wildman–Crippen LogP) is 4.08. The number of benzene rings is 1. The zero-order valence-corrected chi connectivity index (χ0v) is 14.9. The molecule has 1 aromatic heterocycles. The molecule has 1 aromatic carbocycles. The van der Waals surface area contributed by atoms with Gasteiger partial charge in [0, 0.05) is 7.05 Å². The Morgan fingerprint density at radius 2 is 2.10 bits per heavy atom. The van der Waals surface area contributed by atoms with Crippen LogP contribution in [-0.2, 0) is 13.5 Å². The fourth-order valence-corrected chi connectivity index (χ4v) is 3.26. The molecule has 1 unspecified atom stereocenters. The Morgan fingerprint density at radius 1 is 1.33 bits per heavy atom. The molecule has 0 aliphatic heterocycles. The molecule has 1 heterocycles. The Balaban J connectivity index is 2.30. The molecule has 0 amide bonds. The summed E-state index contributed by atoms with van der Waals surface area (Å²) in [6, 6.07) is 6.94. The van der Waals surface area contributed by atoms with Crippen LogP contribution in [0.2, 0.25) is 0 Å². The van der Waals surface area contributed by atoms with Crippen molar-refractivity contribution in [2.24, 2.45) is 7.05 Å². The van der Waals surface area contributed by atoms with Crippen LogP contribution in [0.25, 0.3) is 0 Å². The molecule has 2 rings (SSSR count). The van der Waals surface area contributed by atoms with Crippen LogP contribution in [0.1, 0.15) is 41.8 Å². The van der Waals surface area contributed by atoms with Crippen LogP contribution in [0, 0.1) is 13.8 Å². The second-order valence-corrected chi connectivity index (χ2v) is 6.50. The van der Waals surface area contributed by atoms with Gasteiger partial charge >= 0.3 is 0 Å². The van der Waals surface area contributed by atoms with E-state index >= 15 is 0 Å². The molecule has 0 saturated heterocycles. The molecule has 4 heteroatoms. The molecule has 3 nitrogen and oxygen atoms in total. The van der Waals surface area contributed by atoms with Gasteiger partial charge in [-0.2, -0.15) is 5.10 Å². The normalized spacial score (nSPS) is 12.6. The number of aromatic nitrogens is 2. The van der Waals surface area contributed by atoms with Crippen molar-refractivity contribution < 1.29 is 0 Å². The van der Waals surface area contributed by atoms with Crippen molar-refractivity contribution in [2.75, 3.05) is 6.54 Å². The Bertz CT molecular complexity index is 585. The summed E-state index contributed by atoms with van der Waals surface area (Å²) in [7, 11) is 2.00. The first-order chi connectivity index (χ1) is 10.0. The van der Waals surface area contributed by atoms with E-state index in [4.69, 9.17) is 0 Å². The second kappa shape index (κ2) is 7.23. The quantitative estimate of drug-likeness (QED) is 0.851. The third-order valence-corrected chi connectivity index (χ3v) is 4.45. The van der Waals surface area contributed by atoms with E-state index in [0.29, 0.717) is 0 Å². The largest absolute Gasteiger partial charge is 0.308 e. The van der Waals surface area contributed by atoms with Gasteiger partial charge in [-0.1, -0.05) is 30.7 Å². The van der Waals surface area contributed by atoms with E-state index < -0.39 is 0 Å². The number of halogens is 1. The predicted molar refractivity (Wildman–Crippen MR) is 91.6 cm³/mol. The molecule has 0 bridgehead atoms. The van der Waals surface area contributed by atoms with Crippen molar-refractivity contribution in [3.63, 3.8) is 0 Å². The van der Waals surface area contributed by atoms with Crippen molar-refractivity contribution in [1.82, 2.24) is 15.1 Å². The topological polar surface area (TPSA) is 29.9 Å². The van der Waals surface area contributed by atoms with Gasteiger partial charge in [0.1, 0.15) is 0 Å². The van der Waals surface area contributed by atoms with Gasteiger partial charge in [0.15, 0.2) is 0 Å². The summed E-state index contributed by atoms with van der Waals surface area (Å²) >= 11 is 3.63. The fraction of sp³-hybridized carbons (Fsp3) is 0.471. The highest BCUT2D eigenvalue weighted by atomic mass is 79.9. The van der Waals surface area contributed by atoms with Crippen LogP contribution >= 0.6 is 15.9 Å². The van der Waals surface area contributed by atoms with Gasteiger partial charge in [0.25, 0.3) is 0 Å². The van der Waals surface area contributed by atoms with Crippen LogP contribution in [-0.4, -0.2) is 16.3 Å². The minimum atomic E-state index is 0.271. The van der Waals surface area contributed by atoms with Crippen molar-refractivity contribution in [3.8, 4) is 0 Å². The summed E-state index contributed by atoms with van der Waals surface area (Å²) in [5.41, 5.74) is 5.28. The van der Waals surface area contributed by atoms with E-state index in [-0.39, 0.29) is 6.04 Å². The standard InChI is InChI=1S/C17H24BrN3/c1-5-8-19-16(17-15(18)11-20-21(17)4)10-14-9-12(2)6-7-13(14)3/h6-7,9,11,16,19H,5,8,10H2,1-4H3. The number of hydrogen-bond acceptors (Lipinski definition) is 2. The van der Waals surface area contributed by atoms with Gasteiger partial charge in [-0.15, -0.1) is 0 Å². The van der Waals surface area contributed by atoms with E-state index in [9.17, 15) is 0 Å². The van der Waals surface area contributed by atoms with Crippen LogP contribution in [0.3, 0.4) is 0 Å². The maximum absolute atomic E-state index is 4.36. The van der Waals surface area contributed by atoms with Crippen LogP contribution in [0.5, 0.6) is 0 Å². The van der Waals surface area contributed by atoms with Gasteiger partial charge in [-0.05, 0) is 60.3 Å². The first-order valence-electron chi connectivity index (χ1n) is 7.49. The van der Waals surface area contributed by atoms with E-state index in [1.54, 1.807) is 0 Å². The minimum Gasteiger partial charge on any atom is -0.308 e. The van der Waals surface area contributed by atoms with Crippen molar-refractivity contribution in [2.45, 2.75) is 39.7 Å². The highest BCUT2D eigenvalue weighted by Crippen LogP contribution is 2.27. The Morgan fingerprint density at radius 3 is 2.71 bits per heavy atom. The second-order valence-electron chi connectivity index (χ2n) is 5.64. The van der Waals surface area contributed by atoms with Gasteiger partial charge < -0.3 is 5.32 Å². The molecule has 2 aromatic rings. The van der Waals surface area contributed by atoms with E-state index in [2.05, 4.69) is 65.3 Å². The van der Waals surface area contributed by atoms with E-state index in [1.165, 1.54) is 22.4 Å². The van der Waals surface area contributed by atoms with Gasteiger partial charge in [0.2, 0.25) is 0 Å². The lowest BCUT2D eigenvalue weighted by molar-refractivity contribution is 0.491. The van der Waals surface area contributed by atoms with Crippen LogP contribution in [0.4, 0.5) is 0 Å². The Labute approximate surface area is 135 Å². The molecule has 0 spiro atoms. The lowest BCUT2D eigenvalue weighted by Gasteiger charge is -2.21. The summed E-state index contributed by atoms with van der Waals surface area (Å²) in [5, 5.41) is 8.01. The lowest BCUT2D eigenvalue weighted by Crippen LogP contribution is -2.26. The van der Waals surface area contributed by atoms with Crippen molar-refractivity contribution in [3.05, 3.63) is 51.3 Å². The molecule has 0 radical (unpaired) electrons. The first kappa shape index (κ1) is 16.2. The molecule has 1 N–H and O–H groups in total. The summed E-state index contributed by atoms with van der Waals surface area (Å²) in [6.45, 7) is 7.54. The van der Waals surface area contributed by atoms with Crippen LogP contribution in [0.15, 0.2) is 28.9 Å². The van der Waals surface area contributed by atoms with Gasteiger partial charge in [-0.3, -0.25) is 4.68 Å². The van der Waals surface area contributed by atoms with Crippen LogP contribution < -0.4 is 5.32 Å². The zero-order valence-electron chi connectivity index (χ0n) is 13.3. The fourth-order valence-electron chi connectivity index (χ4n) is 2.64. The minimum absolute atomic E-state index is 0.271. The summed E-state index contributed by atoms with van der Waals surface area (Å²) in [4.78, 5) is 0. The average Bonchev–Trinajstić information content (AvgIpc) is 2.78. The molecule has 0 saturated carbocycles. The third-order valence-electron chi connectivity index (χ3n) is 3.84. The highest BCUT2D eigenvalue weighted by molar-refractivity contribution is 9.10. The van der Waals surface area contributed by atoms with Gasteiger partial charge in [-0.25, -0.2) is 0 Å². The molecule has 21 heavy (non-hydrogen) atoms. The molecule has 0 aliphatic carbocycles. The Hall–Kier alpha value is -1.13. The summed E-state index contributed by atoms with van der Waals surface area (Å²) in [6.07, 6.45) is 3.98. The smallest absolute Gasteiger partial charge is 0.0695 e. The third kappa shape index (κ3) is 3.95. The molecule has 1 atom stereocenters. The van der Waals surface area contributed by atoms with Crippen molar-refractivity contribution >= 4 is 15.9 Å². The Kier molecular flexibility index (Phi) is 5.59. The first-order valence-corrected chi connectivity index (χ1v) is 8.29. The number of rotatable bonds is 6. The lowest BCUT2D eigenvalue weighted by atomic mass is 9.97. The molecule has 0 fully saturated rings. The maximum Gasteiger partial charge on any atom is 0.0695 e. The van der Waals surface area contributed by atoms with E-state index in [0.717, 1.165) is 23.9 Å². The average molecular weight is 350 g/mol. The highest BCUT2D eigenvalue weighted by Gasteiger charge is 2.19. The monoisotopic (exact) mass is 349 g/mol. The number of aryl methyl sites for hydroxylation is 3. The summed E-state index contributed by atoms with van der Waals surface area (Å²) in [5.74, 6) is 0. The SMILES string of the molecule is CCCNC(Cc1cc(C)ccc1C)c1c(Br)cnn1C.